The van der Waals surface area contributed by atoms with E-state index >= 15 is 0 Å². The van der Waals surface area contributed by atoms with Crippen LogP contribution in [0.25, 0.3) is 0 Å². The normalized spacial score (nSPS) is 13.2. The molecule has 1 unspecified atom stereocenters. The molecule has 2 aromatic carbocycles. The molecule has 2 rings (SSSR count). The molecule has 0 spiro atoms. The molecule has 0 N–H and O–H groups in total. The van der Waals surface area contributed by atoms with Crippen LogP contribution in [0.4, 0.5) is 0 Å². The Labute approximate surface area is 150 Å². The maximum atomic E-state index is 13.5. The number of nitrogens with zero attached hydrogens (tertiary/aromatic N) is 1. The molecule has 0 radical (unpaired) electrons. The first-order chi connectivity index (χ1) is 12.2. The lowest BCUT2D eigenvalue weighted by Gasteiger charge is -2.24. The lowest BCUT2D eigenvalue weighted by atomic mass is 10.2. The van der Waals surface area contributed by atoms with E-state index in [0.717, 1.165) is 24.0 Å². The first kappa shape index (κ1) is 19.6. The van der Waals surface area contributed by atoms with Crippen molar-refractivity contribution < 1.29 is 13.6 Å². The van der Waals surface area contributed by atoms with Gasteiger partial charge in [0.05, 0.1) is 13.2 Å². The summed E-state index contributed by atoms with van der Waals surface area (Å²) >= 11 is 0. The van der Waals surface area contributed by atoms with Crippen LogP contribution in [0.5, 0.6) is 0 Å². The van der Waals surface area contributed by atoms with Crippen molar-refractivity contribution in [2.75, 3.05) is 13.2 Å². The van der Waals surface area contributed by atoms with Gasteiger partial charge in [0.1, 0.15) is 0 Å². The number of benzene rings is 2. The van der Waals surface area contributed by atoms with Gasteiger partial charge in [-0.3, -0.25) is 9.56 Å². The largest absolute Gasteiger partial charge is 0.359 e. The molecule has 25 heavy (non-hydrogen) atoms. The fraction of sp³-hybridized carbons (Fsp3) is 0.350. The predicted molar refractivity (Wildman–Crippen MR) is 103 cm³/mol. The highest BCUT2D eigenvalue weighted by molar-refractivity contribution is 7.54. The average Bonchev–Trinajstić information content (AvgIpc) is 2.67. The zero-order chi connectivity index (χ0) is 18.0. The zero-order valence-electron chi connectivity index (χ0n) is 14.9. The highest BCUT2D eigenvalue weighted by Gasteiger charge is 2.36. The Bertz CT molecular complexity index is 677. The summed E-state index contributed by atoms with van der Waals surface area (Å²) in [4.78, 5) is 4.60. The highest BCUT2D eigenvalue weighted by atomic mass is 31.2. The van der Waals surface area contributed by atoms with Gasteiger partial charge in [-0.15, -0.1) is 0 Å². The monoisotopic (exact) mass is 359 g/mol. The Balaban J connectivity index is 2.37. The van der Waals surface area contributed by atoms with E-state index < -0.39 is 13.4 Å². The topological polar surface area (TPSA) is 47.9 Å². The molecule has 0 heterocycles. The minimum atomic E-state index is -3.42. The van der Waals surface area contributed by atoms with E-state index in [9.17, 15) is 4.57 Å². The molecule has 1 atom stereocenters. The van der Waals surface area contributed by atoms with Gasteiger partial charge in [-0.25, -0.2) is 0 Å². The number of hydrogen-bond acceptors (Lipinski definition) is 4. The SMILES string of the molecule is CCCOP(=O)(OCCC)C(/N=C/c1ccccc1)c1ccccc1. The van der Waals surface area contributed by atoms with E-state index in [1.807, 2.05) is 74.5 Å². The van der Waals surface area contributed by atoms with Crippen molar-refractivity contribution >= 4 is 13.8 Å². The summed E-state index contributed by atoms with van der Waals surface area (Å²) in [6.45, 7) is 4.72. The van der Waals surface area contributed by atoms with E-state index in [4.69, 9.17) is 9.05 Å². The van der Waals surface area contributed by atoms with Crippen LogP contribution < -0.4 is 0 Å². The van der Waals surface area contributed by atoms with Crippen LogP contribution in [-0.4, -0.2) is 19.4 Å². The molecule has 0 amide bonds. The highest BCUT2D eigenvalue weighted by Crippen LogP contribution is 2.61. The molecular weight excluding hydrogens is 333 g/mol. The number of rotatable bonds is 10. The molecule has 0 aliphatic rings. The van der Waals surface area contributed by atoms with Gasteiger partial charge in [-0.1, -0.05) is 74.5 Å². The maximum absolute atomic E-state index is 13.5. The van der Waals surface area contributed by atoms with E-state index in [-0.39, 0.29) is 0 Å². The molecule has 0 saturated heterocycles. The Hall–Kier alpha value is -1.74. The molecule has 0 bridgehead atoms. The van der Waals surface area contributed by atoms with E-state index in [1.165, 1.54) is 0 Å². The molecule has 2 aromatic rings. The van der Waals surface area contributed by atoms with Crippen LogP contribution >= 0.6 is 7.60 Å². The van der Waals surface area contributed by atoms with Gasteiger partial charge in [0.2, 0.25) is 0 Å². The Morgan fingerprint density at radius 1 is 0.920 bits per heavy atom. The van der Waals surface area contributed by atoms with Crippen molar-refractivity contribution in [1.82, 2.24) is 0 Å². The third kappa shape index (κ3) is 5.93. The van der Waals surface area contributed by atoms with Gasteiger partial charge in [0.25, 0.3) is 0 Å². The summed E-state index contributed by atoms with van der Waals surface area (Å²) < 4.78 is 24.9. The minimum Gasteiger partial charge on any atom is -0.307 e. The molecule has 0 aromatic heterocycles. The van der Waals surface area contributed by atoms with E-state index in [2.05, 4.69) is 4.99 Å². The van der Waals surface area contributed by atoms with Gasteiger partial charge >= 0.3 is 7.60 Å². The number of aliphatic imine (C=N–C) groups is 1. The first-order valence-corrected chi connectivity index (χ1v) is 10.3. The molecule has 0 aliphatic heterocycles. The van der Waals surface area contributed by atoms with E-state index in [1.54, 1.807) is 6.21 Å². The summed E-state index contributed by atoms with van der Waals surface area (Å²) in [5.74, 6) is -0.674. The van der Waals surface area contributed by atoms with Crippen molar-refractivity contribution in [1.29, 1.82) is 0 Å². The summed E-state index contributed by atoms with van der Waals surface area (Å²) in [5, 5.41) is 0. The van der Waals surface area contributed by atoms with Crippen LogP contribution in [0.2, 0.25) is 0 Å². The summed E-state index contributed by atoms with van der Waals surface area (Å²) in [6.07, 6.45) is 3.27. The second-order valence-corrected chi connectivity index (χ2v) is 7.76. The zero-order valence-corrected chi connectivity index (χ0v) is 15.8. The molecule has 134 valence electrons. The van der Waals surface area contributed by atoms with Gasteiger partial charge in [0.15, 0.2) is 5.78 Å². The van der Waals surface area contributed by atoms with Gasteiger partial charge in [-0.05, 0) is 24.0 Å². The summed E-state index contributed by atoms with van der Waals surface area (Å²) in [6, 6.07) is 19.3. The maximum Gasteiger partial charge on any atom is 0.359 e. The van der Waals surface area contributed by atoms with Crippen molar-refractivity contribution in [3.8, 4) is 0 Å². The van der Waals surface area contributed by atoms with Crippen molar-refractivity contribution in [2.24, 2.45) is 4.99 Å². The van der Waals surface area contributed by atoms with Crippen LogP contribution in [0.1, 0.15) is 43.6 Å². The van der Waals surface area contributed by atoms with Crippen LogP contribution in [0, 0.1) is 0 Å². The Kier molecular flexibility index (Phi) is 8.07. The third-order valence-electron chi connectivity index (χ3n) is 3.51. The fourth-order valence-corrected chi connectivity index (χ4v) is 4.29. The molecule has 0 aliphatic carbocycles. The molecule has 0 saturated carbocycles. The number of hydrogen-bond donors (Lipinski definition) is 0. The van der Waals surface area contributed by atoms with Crippen LogP contribution in [0.15, 0.2) is 65.7 Å². The molecular formula is C20H26NO3P. The smallest absolute Gasteiger partial charge is 0.307 e. The predicted octanol–water partition coefficient (Wildman–Crippen LogP) is 5.85. The minimum absolute atomic E-state index is 0.380. The Morgan fingerprint density at radius 2 is 1.44 bits per heavy atom. The van der Waals surface area contributed by atoms with Crippen LogP contribution in [0.3, 0.4) is 0 Å². The molecule has 5 heteroatoms. The van der Waals surface area contributed by atoms with Gasteiger partial charge < -0.3 is 9.05 Å². The average molecular weight is 359 g/mol. The fourth-order valence-electron chi connectivity index (χ4n) is 2.29. The lowest BCUT2D eigenvalue weighted by Crippen LogP contribution is -2.07. The second-order valence-electron chi connectivity index (χ2n) is 5.68. The molecule has 0 fully saturated rings. The van der Waals surface area contributed by atoms with Crippen molar-refractivity contribution in [2.45, 2.75) is 32.5 Å². The van der Waals surface area contributed by atoms with Gasteiger partial charge in [-0.2, -0.15) is 0 Å². The standard InChI is InChI=1S/C20H26NO3P/c1-3-15-23-25(22,24-16-4-2)20(19-13-9-6-10-14-19)21-17-18-11-7-5-8-12-18/h5-14,17,20H,3-4,15-16H2,1-2H3/b21-17+. The van der Waals surface area contributed by atoms with Gasteiger partial charge in [0, 0.05) is 6.21 Å². The summed E-state index contributed by atoms with van der Waals surface area (Å²) in [7, 11) is -3.42. The quantitative estimate of drug-likeness (QED) is 0.395. The second kappa shape index (κ2) is 10.3. The van der Waals surface area contributed by atoms with Crippen LogP contribution in [-0.2, 0) is 13.6 Å². The Morgan fingerprint density at radius 3 is 1.96 bits per heavy atom. The van der Waals surface area contributed by atoms with Crippen molar-refractivity contribution in [3.05, 3.63) is 71.8 Å². The van der Waals surface area contributed by atoms with Crippen molar-refractivity contribution in [3.63, 3.8) is 0 Å². The lowest BCUT2D eigenvalue weighted by molar-refractivity contribution is 0.197. The first-order valence-electron chi connectivity index (χ1n) is 8.71. The van der Waals surface area contributed by atoms with E-state index in [0.29, 0.717) is 13.2 Å². The molecule has 4 nitrogen and oxygen atoms in total. The third-order valence-corrected chi connectivity index (χ3v) is 5.63. The summed E-state index contributed by atoms with van der Waals surface area (Å²) in [5.41, 5.74) is 1.77.